The zero-order chi connectivity index (χ0) is 24.2. The molecule has 7 nitrogen and oxygen atoms in total. The van der Waals surface area contributed by atoms with Crippen molar-refractivity contribution in [3.8, 4) is 17.2 Å². The fraction of sp³-hybridized carbons (Fsp3) is 0.143. The molecule has 176 valence electrons. The Kier molecular flexibility index (Phi) is 6.22. The smallest absolute Gasteiger partial charge is 0.326 e. The maximum Gasteiger partial charge on any atom is 0.326 e. The summed E-state index contributed by atoms with van der Waals surface area (Å²) in [5.74, 6) is 0.0945. The number of benzene rings is 4. The summed E-state index contributed by atoms with van der Waals surface area (Å²) in [4.78, 5) is 25.2. The Bertz CT molecular complexity index is 1390. The van der Waals surface area contributed by atoms with Gasteiger partial charge < -0.3 is 24.6 Å². The van der Waals surface area contributed by atoms with Crippen LogP contribution in [0.3, 0.4) is 0 Å². The number of hydrogen-bond donors (Lipinski definition) is 2. The van der Waals surface area contributed by atoms with Gasteiger partial charge in [-0.05, 0) is 34.7 Å². The summed E-state index contributed by atoms with van der Waals surface area (Å²) in [6, 6.07) is 24.7. The first-order chi connectivity index (χ1) is 17.1. The van der Waals surface area contributed by atoms with Crippen LogP contribution in [0.25, 0.3) is 10.8 Å². The maximum atomic E-state index is 13.3. The summed E-state index contributed by atoms with van der Waals surface area (Å²) < 4.78 is 17.0. The van der Waals surface area contributed by atoms with Gasteiger partial charge in [-0.2, -0.15) is 0 Å². The summed E-state index contributed by atoms with van der Waals surface area (Å²) in [6.45, 7) is 0.373. The Morgan fingerprint density at radius 2 is 1.66 bits per heavy atom. The number of hydrogen-bond acceptors (Lipinski definition) is 5. The summed E-state index contributed by atoms with van der Waals surface area (Å²) in [6.07, 6.45) is 0.170. The molecule has 0 aromatic heterocycles. The number of carbonyl (C=O) groups excluding carboxylic acids is 1. The Balaban J connectivity index is 1.42. The van der Waals surface area contributed by atoms with E-state index in [9.17, 15) is 14.7 Å². The van der Waals surface area contributed by atoms with Crippen LogP contribution in [-0.4, -0.2) is 29.8 Å². The lowest BCUT2D eigenvalue weighted by Gasteiger charge is -2.18. The van der Waals surface area contributed by atoms with Crippen LogP contribution in [0.4, 0.5) is 0 Å². The summed E-state index contributed by atoms with van der Waals surface area (Å²) in [7, 11) is 0. The van der Waals surface area contributed by atoms with Crippen LogP contribution in [0.15, 0.2) is 84.9 Å². The second-order valence-corrected chi connectivity index (χ2v) is 8.19. The highest BCUT2D eigenvalue weighted by Gasteiger charge is 2.24. The lowest BCUT2D eigenvalue weighted by atomic mass is 10.0. The van der Waals surface area contributed by atoms with Crippen LogP contribution in [0.1, 0.15) is 21.5 Å². The SMILES string of the molecule is O=C(NC(Cc1ccccc1)C(=O)O)c1ccc2ccccc2c1OCc1ccc2c(c1)OCO2. The van der Waals surface area contributed by atoms with Gasteiger partial charge in [0.25, 0.3) is 5.91 Å². The molecule has 4 aromatic carbocycles. The van der Waals surface area contributed by atoms with Crippen molar-refractivity contribution in [1.29, 1.82) is 0 Å². The lowest BCUT2D eigenvalue weighted by molar-refractivity contribution is -0.139. The van der Waals surface area contributed by atoms with Crippen LogP contribution in [0, 0.1) is 0 Å². The average molecular weight is 469 g/mol. The van der Waals surface area contributed by atoms with Gasteiger partial charge in [-0.1, -0.05) is 66.7 Å². The number of rotatable bonds is 8. The monoisotopic (exact) mass is 469 g/mol. The van der Waals surface area contributed by atoms with E-state index in [1.165, 1.54) is 0 Å². The molecular formula is C28H23NO6. The Morgan fingerprint density at radius 3 is 2.49 bits per heavy atom. The molecule has 1 heterocycles. The molecule has 35 heavy (non-hydrogen) atoms. The molecule has 0 radical (unpaired) electrons. The largest absolute Gasteiger partial charge is 0.487 e. The minimum Gasteiger partial charge on any atom is -0.487 e. The van der Waals surface area contributed by atoms with Crippen molar-refractivity contribution in [1.82, 2.24) is 5.32 Å². The molecule has 1 aliphatic rings. The number of amides is 1. The third-order valence-corrected chi connectivity index (χ3v) is 5.83. The zero-order valence-electron chi connectivity index (χ0n) is 18.8. The van der Waals surface area contributed by atoms with Crippen molar-refractivity contribution in [2.75, 3.05) is 6.79 Å². The van der Waals surface area contributed by atoms with Gasteiger partial charge in [0.05, 0.1) is 5.56 Å². The van der Waals surface area contributed by atoms with E-state index in [4.69, 9.17) is 14.2 Å². The third kappa shape index (κ3) is 4.89. The highest BCUT2D eigenvalue weighted by molar-refractivity contribution is 6.04. The number of carbonyl (C=O) groups is 2. The molecule has 2 N–H and O–H groups in total. The summed E-state index contributed by atoms with van der Waals surface area (Å²) >= 11 is 0. The van der Waals surface area contributed by atoms with Crippen LogP contribution < -0.4 is 19.5 Å². The third-order valence-electron chi connectivity index (χ3n) is 5.83. The minimum atomic E-state index is -1.11. The number of aliphatic carboxylic acids is 1. The van der Waals surface area contributed by atoms with Gasteiger partial charge in [0.15, 0.2) is 11.5 Å². The van der Waals surface area contributed by atoms with Crippen LogP contribution in [0.2, 0.25) is 0 Å². The molecule has 0 spiro atoms. The molecule has 5 rings (SSSR count). The van der Waals surface area contributed by atoms with Gasteiger partial charge in [-0.3, -0.25) is 4.79 Å². The standard InChI is InChI=1S/C28H23NO6/c30-27(29-23(28(31)32)14-18-6-2-1-3-7-18)22-12-11-20-8-4-5-9-21(20)26(22)33-16-19-10-13-24-25(15-19)35-17-34-24/h1-13,15,23H,14,16-17H2,(H,29,30)(H,31,32). The molecule has 7 heteroatoms. The number of carboxylic acid groups (broad SMARTS) is 1. The summed E-state index contributed by atoms with van der Waals surface area (Å²) in [5.41, 5.74) is 1.93. The molecule has 1 unspecified atom stereocenters. The van der Waals surface area contributed by atoms with Crippen molar-refractivity contribution in [2.24, 2.45) is 0 Å². The molecule has 4 aromatic rings. The molecule has 0 saturated carbocycles. The fourth-order valence-corrected chi connectivity index (χ4v) is 4.05. The number of nitrogens with one attached hydrogen (secondary N) is 1. The molecular weight excluding hydrogens is 446 g/mol. The predicted octanol–water partition coefficient (Wildman–Crippen LogP) is 4.57. The minimum absolute atomic E-state index is 0.170. The second-order valence-electron chi connectivity index (χ2n) is 8.19. The molecule has 0 fully saturated rings. The normalized spacial score (nSPS) is 12.8. The average Bonchev–Trinajstić information content (AvgIpc) is 3.35. The van der Waals surface area contributed by atoms with E-state index in [-0.39, 0.29) is 25.4 Å². The molecule has 0 saturated heterocycles. The van der Waals surface area contributed by atoms with Crippen LogP contribution >= 0.6 is 0 Å². The first-order valence-electron chi connectivity index (χ1n) is 11.2. The van der Waals surface area contributed by atoms with Crippen molar-refractivity contribution in [3.63, 3.8) is 0 Å². The number of ether oxygens (including phenoxy) is 3. The highest BCUT2D eigenvalue weighted by atomic mass is 16.7. The number of fused-ring (bicyclic) bond motifs is 2. The Hall–Kier alpha value is -4.52. The zero-order valence-corrected chi connectivity index (χ0v) is 18.8. The first-order valence-corrected chi connectivity index (χ1v) is 11.2. The second kappa shape index (κ2) is 9.77. The molecule has 1 amide bonds. The van der Waals surface area contributed by atoms with Gasteiger partial charge >= 0.3 is 5.97 Å². The van der Waals surface area contributed by atoms with Crippen molar-refractivity contribution in [2.45, 2.75) is 19.1 Å². The van der Waals surface area contributed by atoms with Crippen molar-refractivity contribution in [3.05, 3.63) is 102 Å². The molecule has 1 aliphatic heterocycles. The molecule has 0 aliphatic carbocycles. The Morgan fingerprint density at radius 1 is 0.886 bits per heavy atom. The van der Waals surface area contributed by atoms with Gasteiger partial charge in [-0.15, -0.1) is 0 Å². The number of carboxylic acids is 1. The lowest BCUT2D eigenvalue weighted by Crippen LogP contribution is -2.42. The molecule has 1 atom stereocenters. The van der Waals surface area contributed by atoms with E-state index in [0.29, 0.717) is 17.2 Å². The van der Waals surface area contributed by atoms with Crippen molar-refractivity contribution >= 4 is 22.6 Å². The van der Waals surface area contributed by atoms with E-state index in [1.807, 2.05) is 78.9 Å². The quantitative estimate of drug-likeness (QED) is 0.393. The topological polar surface area (TPSA) is 94.1 Å². The van der Waals surface area contributed by atoms with E-state index in [2.05, 4.69) is 5.32 Å². The fourth-order valence-electron chi connectivity index (χ4n) is 4.05. The van der Waals surface area contributed by atoms with E-state index in [1.54, 1.807) is 6.07 Å². The predicted molar refractivity (Wildman–Crippen MR) is 130 cm³/mol. The Labute approximate surface area is 201 Å². The van der Waals surface area contributed by atoms with Crippen LogP contribution in [0.5, 0.6) is 17.2 Å². The summed E-state index contributed by atoms with van der Waals surface area (Å²) in [5, 5.41) is 14.1. The van der Waals surface area contributed by atoms with Gasteiger partial charge in [0.1, 0.15) is 18.4 Å². The highest BCUT2D eigenvalue weighted by Crippen LogP contribution is 2.34. The van der Waals surface area contributed by atoms with Crippen molar-refractivity contribution < 1.29 is 28.9 Å². The maximum absolute atomic E-state index is 13.3. The van der Waals surface area contributed by atoms with E-state index in [0.717, 1.165) is 21.9 Å². The van der Waals surface area contributed by atoms with E-state index >= 15 is 0 Å². The first kappa shape index (κ1) is 22.3. The van der Waals surface area contributed by atoms with Gasteiger partial charge in [-0.25, -0.2) is 4.79 Å². The van der Waals surface area contributed by atoms with E-state index < -0.39 is 17.9 Å². The molecule has 0 bridgehead atoms. The van der Waals surface area contributed by atoms with Gasteiger partial charge in [0, 0.05) is 11.8 Å². The van der Waals surface area contributed by atoms with Gasteiger partial charge in [0.2, 0.25) is 6.79 Å². The van der Waals surface area contributed by atoms with Crippen LogP contribution in [-0.2, 0) is 17.8 Å².